The highest BCUT2D eigenvalue weighted by Crippen LogP contribution is 2.38. The van der Waals surface area contributed by atoms with Gasteiger partial charge < -0.3 is 23.8 Å². The average molecular weight is 237 g/mol. The van der Waals surface area contributed by atoms with E-state index in [2.05, 4.69) is 11.8 Å². The summed E-state index contributed by atoms with van der Waals surface area (Å²) in [5.74, 6) is 0. The van der Waals surface area contributed by atoms with Crippen molar-refractivity contribution >= 4 is 26.4 Å². The molecule has 0 spiro atoms. The van der Waals surface area contributed by atoms with E-state index < -0.39 is 24.9 Å². The molecule has 14 heavy (non-hydrogen) atoms. The molecule has 1 N–H and O–H groups in total. The van der Waals surface area contributed by atoms with Crippen molar-refractivity contribution in [2.75, 3.05) is 13.7 Å². The van der Waals surface area contributed by atoms with E-state index in [1.807, 2.05) is 0 Å². The molecular weight excluding hydrogens is 226 g/mol. The van der Waals surface area contributed by atoms with Crippen molar-refractivity contribution in [3.8, 4) is 0 Å². The Kier molecular flexibility index (Phi) is 4.52. The fraction of sp³-hybridized carbons (Fsp3) is 1.00. The number of ether oxygens (including phenoxy) is 2. The summed E-state index contributed by atoms with van der Waals surface area (Å²) in [6.07, 6.45) is -0.661. The zero-order chi connectivity index (χ0) is 10.8. The molecule has 4 atom stereocenters. The maximum absolute atomic E-state index is 10.8. The van der Waals surface area contributed by atoms with Crippen LogP contribution >= 0.6 is 6.72 Å². The SMILES string of the molecule is [B][C@H]1CC(OP([O-])(O)=S)[C@@H](COC)O1. The van der Waals surface area contributed by atoms with Crippen LogP contribution in [0.15, 0.2) is 0 Å². The van der Waals surface area contributed by atoms with Gasteiger partial charge in [-0.15, -0.1) is 0 Å². The van der Waals surface area contributed by atoms with Gasteiger partial charge in [0, 0.05) is 13.1 Å². The summed E-state index contributed by atoms with van der Waals surface area (Å²) in [5.41, 5.74) is 0. The number of hydrogen-bond acceptors (Lipinski definition) is 5. The van der Waals surface area contributed by atoms with Gasteiger partial charge in [0.1, 0.15) is 20.7 Å². The van der Waals surface area contributed by atoms with Crippen molar-refractivity contribution in [1.82, 2.24) is 0 Å². The minimum atomic E-state index is -3.91. The van der Waals surface area contributed by atoms with E-state index in [9.17, 15) is 4.89 Å². The smallest absolute Gasteiger partial charge is 0.113 e. The van der Waals surface area contributed by atoms with Crippen LogP contribution in [-0.2, 0) is 25.8 Å². The van der Waals surface area contributed by atoms with Crippen LogP contribution in [-0.4, -0.2) is 44.7 Å². The van der Waals surface area contributed by atoms with Crippen LogP contribution in [0.3, 0.4) is 0 Å². The summed E-state index contributed by atoms with van der Waals surface area (Å²) in [7, 11) is 7.00. The van der Waals surface area contributed by atoms with Crippen molar-refractivity contribution in [2.24, 2.45) is 0 Å². The van der Waals surface area contributed by atoms with Gasteiger partial charge in [-0.25, -0.2) is 0 Å². The Bertz CT molecular complexity index is 234. The van der Waals surface area contributed by atoms with Crippen molar-refractivity contribution in [3.05, 3.63) is 0 Å². The van der Waals surface area contributed by atoms with Gasteiger partial charge in [-0.3, -0.25) is 0 Å². The van der Waals surface area contributed by atoms with Crippen LogP contribution in [0.1, 0.15) is 6.42 Å². The van der Waals surface area contributed by atoms with Crippen LogP contribution in [0.25, 0.3) is 0 Å². The first-order valence-corrected chi connectivity index (χ1v) is 6.63. The fourth-order valence-corrected chi connectivity index (χ4v) is 2.24. The van der Waals surface area contributed by atoms with Crippen LogP contribution in [0.5, 0.6) is 0 Å². The molecule has 0 bridgehead atoms. The Morgan fingerprint density at radius 3 is 2.93 bits per heavy atom. The Hall–Kier alpha value is 0.515. The van der Waals surface area contributed by atoms with Crippen molar-refractivity contribution in [3.63, 3.8) is 0 Å². The van der Waals surface area contributed by atoms with Gasteiger partial charge in [-0.05, 0) is 6.42 Å². The summed E-state index contributed by atoms with van der Waals surface area (Å²) in [4.78, 5) is 19.7. The first-order valence-electron chi connectivity index (χ1n) is 4.04. The van der Waals surface area contributed by atoms with Crippen molar-refractivity contribution in [1.29, 1.82) is 0 Å². The van der Waals surface area contributed by atoms with E-state index in [1.165, 1.54) is 7.11 Å². The third-order valence-corrected chi connectivity index (χ3v) is 2.62. The Morgan fingerprint density at radius 2 is 2.43 bits per heavy atom. The average Bonchev–Trinajstić information content (AvgIpc) is 2.28. The van der Waals surface area contributed by atoms with Gasteiger partial charge in [0.25, 0.3) is 0 Å². The molecule has 2 radical (unpaired) electrons. The predicted molar refractivity (Wildman–Crippen MR) is 52.3 cm³/mol. The Labute approximate surface area is 89.0 Å². The molecule has 5 nitrogen and oxygen atoms in total. The van der Waals surface area contributed by atoms with Crippen molar-refractivity contribution in [2.45, 2.75) is 24.6 Å². The highest BCUT2D eigenvalue weighted by molar-refractivity contribution is 8.06. The molecule has 1 saturated heterocycles. The molecule has 0 aromatic heterocycles. The van der Waals surface area contributed by atoms with Gasteiger partial charge in [-0.2, -0.15) is 0 Å². The van der Waals surface area contributed by atoms with Gasteiger partial charge in [0.05, 0.1) is 12.7 Å². The monoisotopic (exact) mass is 237 g/mol. The lowest BCUT2D eigenvalue weighted by Gasteiger charge is -2.27. The van der Waals surface area contributed by atoms with Crippen LogP contribution in [0.4, 0.5) is 0 Å². The molecule has 0 amide bonds. The second-order valence-electron chi connectivity index (χ2n) is 3.02. The number of methoxy groups -OCH3 is 1. The zero-order valence-electron chi connectivity index (χ0n) is 7.66. The molecule has 0 aromatic rings. The highest BCUT2D eigenvalue weighted by Gasteiger charge is 2.34. The number of rotatable bonds is 4. The van der Waals surface area contributed by atoms with Gasteiger partial charge in [-0.1, -0.05) is 11.8 Å². The molecular formula is C6H11BO5PS-. The second kappa shape index (κ2) is 5.03. The summed E-state index contributed by atoms with van der Waals surface area (Å²) >= 11 is 4.25. The van der Waals surface area contributed by atoms with E-state index >= 15 is 0 Å². The molecule has 1 aliphatic heterocycles. The largest absolute Gasteiger partial charge is 0.780 e. The minimum Gasteiger partial charge on any atom is -0.780 e. The van der Waals surface area contributed by atoms with E-state index in [-0.39, 0.29) is 6.61 Å². The van der Waals surface area contributed by atoms with E-state index in [4.69, 9.17) is 26.7 Å². The Morgan fingerprint density at radius 1 is 1.79 bits per heavy atom. The van der Waals surface area contributed by atoms with E-state index in [0.717, 1.165) is 0 Å². The molecule has 0 saturated carbocycles. The van der Waals surface area contributed by atoms with Gasteiger partial charge >= 0.3 is 0 Å². The third-order valence-electron chi connectivity index (χ3n) is 1.83. The zero-order valence-corrected chi connectivity index (χ0v) is 9.37. The number of hydrogen-bond donors (Lipinski definition) is 1. The first kappa shape index (κ1) is 12.6. The topological polar surface area (TPSA) is 71.0 Å². The maximum atomic E-state index is 10.8. The predicted octanol–water partition coefficient (Wildman–Crippen LogP) is -1.12. The van der Waals surface area contributed by atoms with Crippen molar-refractivity contribution < 1.29 is 23.8 Å². The lowest BCUT2D eigenvalue weighted by atomic mass is 9.96. The Balaban J connectivity index is 2.53. The molecule has 2 unspecified atom stereocenters. The molecule has 8 heteroatoms. The lowest BCUT2D eigenvalue weighted by Crippen LogP contribution is -2.29. The van der Waals surface area contributed by atoms with E-state index in [1.54, 1.807) is 0 Å². The molecule has 1 aliphatic rings. The minimum absolute atomic E-state index is 0.258. The second-order valence-corrected chi connectivity index (χ2v) is 5.55. The summed E-state index contributed by atoms with van der Waals surface area (Å²) in [6, 6.07) is -0.498. The molecule has 0 aliphatic carbocycles. The van der Waals surface area contributed by atoms with E-state index in [0.29, 0.717) is 6.42 Å². The third kappa shape index (κ3) is 3.94. The van der Waals surface area contributed by atoms with Gasteiger partial charge in [0.2, 0.25) is 0 Å². The van der Waals surface area contributed by atoms with Crippen LogP contribution in [0, 0.1) is 0 Å². The molecule has 1 fully saturated rings. The molecule has 1 heterocycles. The quantitative estimate of drug-likeness (QED) is 0.493. The summed E-state index contributed by atoms with van der Waals surface area (Å²) in [6.45, 7) is -3.65. The van der Waals surface area contributed by atoms with Gasteiger partial charge in [0.15, 0.2) is 0 Å². The summed E-state index contributed by atoms with van der Waals surface area (Å²) in [5, 5.41) is 0. The molecule has 80 valence electrons. The molecule has 0 aromatic carbocycles. The highest BCUT2D eigenvalue weighted by atomic mass is 32.5. The first-order chi connectivity index (χ1) is 6.42. The summed E-state index contributed by atoms with van der Waals surface area (Å²) < 4.78 is 14.8. The molecule has 1 rings (SSSR count). The maximum Gasteiger partial charge on any atom is 0.113 e. The fourth-order valence-electron chi connectivity index (χ4n) is 1.34. The lowest BCUT2D eigenvalue weighted by molar-refractivity contribution is -0.207. The normalized spacial score (nSPS) is 36.9. The standard InChI is InChI=1S/C6H12BO5PS/c1-10-3-5-4(2-6(7)11-5)12-13(8,9)14/h4-6H,2-3H2,1H3,(H2,8,9,14)/p-1/t4?,5-,6-/m1/s1. The van der Waals surface area contributed by atoms with Crippen LogP contribution < -0.4 is 4.89 Å². The van der Waals surface area contributed by atoms with Crippen LogP contribution in [0.2, 0.25) is 0 Å².